The monoisotopic (exact) mass is 242 g/mol. The molecule has 1 fully saturated rings. The van der Waals surface area contributed by atoms with Gasteiger partial charge >= 0.3 is 0 Å². The molecule has 1 N–H and O–H groups in total. The van der Waals surface area contributed by atoms with Crippen LogP contribution in [0.25, 0.3) is 0 Å². The summed E-state index contributed by atoms with van der Waals surface area (Å²) in [7, 11) is 0. The Bertz CT molecular complexity index is 394. The molecule has 16 heavy (non-hydrogen) atoms. The van der Waals surface area contributed by atoms with E-state index >= 15 is 0 Å². The first kappa shape index (κ1) is 11.9. The average molecular weight is 243 g/mol. The van der Waals surface area contributed by atoms with Crippen LogP contribution in [-0.4, -0.2) is 10.7 Å². The minimum absolute atomic E-state index is 0.131. The number of benzene rings is 1. The molecule has 0 spiro atoms. The summed E-state index contributed by atoms with van der Waals surface area (Å²) in [4.78, 5) is 0. The predicted octanol–water partition coefficient (Wildman–Crippen LogP) is 3.57. The Morgan fingerprint density at radius 3 is 2.94 bits per heavy atom. The third-order valence-corrected chi connectivity index (χ3v) is 3.98. The maximum atomic E-state index is 13.7. The molecule has 0 amide bonds. The summed E-state index contributed by atoms with van der Waals surface area (Å²) >= 11 is 5.72. The molecule has 1 aliphatic carbocycles. The number of hydrogen-bond donors (Lipinski definition) is 1. The van der Waals surface area contributed by atoms with Crippen molar-refractivity contribution in [1.29, 1.82) is 0 Å². The molecule has 2 unspecified atom stereocenters. The molecule has 0 aliphatic heterocycles. The topological polar surface area (TPSA) is 20.2 Å². The van der Waals surface area contributed by atoms with Crippen molar-refractivity contribution in [3.63, 3.8) is 0 Å². The second kappa shape index (κ2) is 4.34. The summed E-state index contributed by atoms with van der Waals surface area (Å²) in [5.41, 5.74) is -0.241. The van der Waals surface area contributed by atoms with Crippen molar-refractivity contribution in [3.05, 3.63) is 34.6 Å². The van der Waals surface area contributed by atoms with Crippen LogP contribution in [0, 0.1) is 11.7 Å². The molecule has 2 atom stereocenters. The standard InChI is InChI=1S/C13H16ClFO/c1-9-4-3-7-13(9,16)8-10-5-2-6-11(14)12(10)15/h2,5-6,9,16H,3-4,7-8H2,1H3. The lowest BCUT2D eigenvalue weighted by molar-refractivity contribution is 0.00887. The van der Waals surface area contributed by atoms with Crippen LogP contribution in [0.15, 0.2) is 18.2 Å². The van der Waals surface area contributed by atoms with Gasteiger partial charge in [-0.05, 0) is 30.4 Å². The summed E-state index contributed by atoms with van der Waals surface area (Å²) in [6.45, 7) is 2.02. The Labute approximate surface area is 100 Å². The van der Waals surface area contributed by atoms with Gasteiger partial charge < -0.3 is 5.11 Å². The van der Waals surface area contributed by atoms with Crippen LogP contribution in [0.4, 0.5) is 4.39 Å². The molecule has 88 valence electrons. The number of aliphatic hydroxyl groups is 1. The fourth-order valence-corrected chi connectivity index (χ4v) is 2.70. The Balaban J connectivity index is 2.24. The van der Waals surface area contributed by atoms with Crippen LogP contribution >= 0.6 is 11.6 Å². The molecule has 2 rings (SSSR count). The summed E-state index contributed by atoms with van der Waals surface area (Å²) in [5, 5.41) is 10.6. The van der Waals surface area contributed by atoms with Gasteiger partial charge in [0.1, 0.15) is 5.82 Å². The Hall–Kier alpha value is -0.600. The van der Waals surface area contributed by atoms with Crippen molar-refractivity contribution in [2.24, 2.45) is 5.92 Å². The zero-order valence-corrected chi connectivity index (χ0v) is 10.1. The lowest BCUT2D eigenvalue weighted by atomic mass is 9.86. The fourth-order valence-electron chi connectivity index (χ4n) is 2.51. The molecule has 1 aliphatic rings. The van der Waals surface area contributed by atoms with E-state index in [0.717, 1.165) is 19.3 Å². The molecule has 0 saturated heterocycles. The molecule has 1 aromatic rings. The number of hydrogen-bond acceptors (Lipinski definition) is 1. The van der Waals surface area contributed by atoms with E-state index in [0.29, 0.717) is 12.0 Å². The van der Waals surface area contributed by atoms with Gasteiger partial charge in [0.15, 0.2) is 0 Å². The maximum absolute atomic E-state index is 13.7. The van der Waals surface area contributed by atoms with E-state index in [2.05, 4.69) is 0 Å². The van der Waals surface area contributed by atoms with E-state index in [1.54, 1.807) is 12.1 Å². The normalized spacial score (nSPS) is 29.6. The molecule has 0 heterocycles. The number of rotatable bonds is 2. The van der Waals surface area contributed by atoms with Crippen molar-refractivity contribution < 1.29 is 9.50 Å². The molecule has 1 saturated carbocycles. The van der Waals surface area contributed by atoms with Crippen LogP contribution in [0.5, 0.6) is 0 Å². The van der Waals surface area contributed by atoms with Crippen LogP contribution < -0.4 is 0 Å². The summed E-state index contributed by atoms with van der Waals surface area (Å²) in [6.07, 6.45) is 3.14. The van der Waals surface area contributed by atoms with Gasteiger partial charge in [-0.15, -0.1) is 0 Å². The van der Waals surface area contributed by atoms with Crippen LogP contribution in [0.3, 0.4) is 0 Å². The molecule has 0 bridgehead atoms. The van der Waals surface area contributed by atoms with Crippen LogP contribution in [-0.2, 0) is 6.42 Å². The second-order valence-electron chi connectivity index (χ2n) is 4.79. The van der Waals surface area contributed by atoms with Gasteiger partial charge in [0, 0.05) is 6.42 Å². The molecular formula is C13H16ClFO. The first-order valence-corrected chi connectivity index (χ1v) is 6.06. The Kier molecular flexibility index (Phi) is 3.22. The highest BCUT2D eigenvalue weighted by Gasteiger charge is 2.38. The van der Waals surface area contributed by atoms with Gasteiger partial charge in [-0.25, -0.2) is 4.39 Å². The van der Waals surface area contributed by atoms with Crippen molar-refractivity contribution in [2.75, 3.05) is 0 Å². The van der Waals surface area contributed by atoms with Gasteiger partial charge in [-0.1, -0.05) is 37.1 Å². The Morgan fingerprint density at radius 1 is 1.56 bits per heavy atom. The largest absolute Gasteiger partial charge is 0.389 e. The highest BCUT2D eigenvalue weighted by Crippen LogP contribution is 2.38. The van der Waals surface area contributed by atoms with Crippen molar-refractivity contribution >= 4 is 11.6 Å². The van der Waals surface area contributed by atoms with E-state index in [-0.39, 0.29) is 10.9 Å². The van der Waals surface area contributed by atoms with Gasteiger partial charge in [0.25, 0.3) is 0 Å². The van der Waals surface area contributed by atoms with Gasteiger partial charge in [0.05, 0.1) is 10.6 Å². The zero-order valence-electron chi connectivity index (χ0n) is 9.34. The smallest absolute Gasteiger partial charge is 0.145 e. The lowest BCUT2D eigenvalue weighted by Crippen LogP contribution is -2.34. The summed E-state index contributed by atoms with van der Waals surface area (Å²) < 4.78 is 13.7. The highest BCUT2D eigenvalue weighted by molar-refractivity contribution is 6.30. The van der Waals surface area contributed by atoms with E-state index in [1.165, 1.54) is 6.07 Å². The molecular weight excluding hydrogens is 227 g/mol. The molecule has 0 radical (unpaired) electrons. The average Bonchev–Trinajstić information content (AvgIpc) is 2.55. The predicted molar refractivity (Wildman–Crippen MR) is 63.1 cm³/mol. The van der Waals surface area contributed by atoms with E-state index in [4.69, 9.17) is 11.6 Å². The third-order valence-electron chi connectivity index (χ3n) is 3.69. The van der Waals surface area contributed by atoms with Crippen LogP contribution in [0.2, 0.25) is 5.02 Å². The lowest BCUT2D eigenvalue weighted by Gasteiger charge is -2.28. The number of halogens is 2. The molecule has 1 aromatic carbocycles. The van der Waals surface area contributed by atoms with E-state index < -0.39 is 11.4 Å². The van der Waals surface area contributed by atoms with E-state index in [1.807, 2.05) is 6.92 Å². The third kappa shape index (κ3) is 2.09. The van der Waals surface area contributed by atoms with Crippen molar-refractivity contribution in [3.8, 4) is 0 Å². The van der Waals surface area contributed by atoms with Gasteiger partial charge in [0.2, 0.25) is 0 Å². The van der Waals surface area contributed by atoms with Gasteiger partial charge in [-0.2, -0.15) is 0 Å². The highest BCUT2D eigenvalue weighted by atomic mass is 35.5. The van der Waals surface area contributed by atoms with Crippen LogP contribution in [0.1, 0.15) is 31.7 Å². The quantitative estimate of drug-likeness (QED) is 0.841. The molecule has 3 heteroatoms. The minimum Gasteiger partial charge on any atom is -0.389 e. The fraction of sp³-hybridized carbons (Fsp3) is 0.538. The summed E-state index contributed by atoms with van der Waals surface area (Å²) in [6, 6.07) is 4.95. The zero-order chi connectivity index (χ0) is 11.8. The SMILES string of the molecule is CC1CCCC1(O)Cc1cccc(Cl)c1F. The van der Waals surface area contributed by atoms with E-state index in [9.17, 15) is 9.50 Å². The maximum Gasteiger partial charge on any atom is 0.145 e. The Morgan fingerprint density at radius 2 is 2.31 bits per heavy atom. The second-order valence-corrected chi connectivity index (χ2v) is 5.19. The summed E-state index contributed by atoms with van der Waals surface area (Å²) in [5.74, 6) is -0.164. The van der Waals surface area contributed by atoms with Crippen molar-refractivity contribution in [1.82, 2.24) is 0 Å². The molecule has 1 nitrogen and oxygen atoms in total. The first-order chi connectivity index (χ1) is 7.53. The van der Waals surface area contributed by atoms with Crippen molar-refractivity contribution in [2.45, 2.75) is 38.2 Å². The van der Waals surface area contributed by atoms with Gasteiger partial charge in [-0.3, -0.25) is 0 Å². The first-order valence-electron chi connectivity index (χ1n) is 5.68. The minimum atomic E-state index is -0.758. The molecule has 0 aromatic heterocycles.